The zero-order valence-electron chi connectivity index (χ0n) is 18.6. The Labute approximate surface area is 192 Å². The van der Waals surface area contributed by atoms with Gasteiger partial charge in [0, 0.05) is 49.3 Å². The molecule has 10 heteroatoms. The lowest BCUT2D eigenvalue weighted by Gasteiger charge is -2.17. The van der Waals surface area contributed by atoms with Crippen LogP contribution in [0, 0.1) is 13.8 Å². The third-order valence-electron chi connectivity index (χ3n) is 6.33. The third-order valence-corrected chi connectivity index (χ3v) is 8.24. The molecule has 2 aliphatic rings. The Morgan fingerprint density at radius 3 is 2.45 bits per heavy atom. The molecule has 9 nitrogen and oxygen atoms in total. The summed E-state index contributed by atoms with van der Waals surface area (Å²) < 4.78 is 29.0. The lowest BCUT2D eigenvalue weighted by atomic mass is 10.1. The summed E-state index contributed by atoms with van der Waals surface area (Å²) in [6.07, 6.45) is 3.48. The number of sulfonamides is 1. The van der Waals surface area contributed by atoms with Crippen molar-refractivity contribution in [2.24, 2.45) is 0 Å². The number of benzene rings is 1. The molecule has 1 aromatic carbocycles. The summed E-state index contributed by atoms with van der Waals surface area (Å²) in [5.41, 5.74) is 4.92. The number of aromatic nitrogens is 3. The van der Waals surface area contributed by atoms with Gasteiger partial charge in [0.15, 0.2) is 0 Å². The normalized spacial score (nSPS) is 16.5. The van der Waals surface area contributed by atoms with Gasteiger partial charge >= 0.3 is 0 Å². The number of fused-ring (bicyclic) bond motifs is 1. The van der Waals surface area contributed by atoms with Crippen LogP contribution >= 0.6 is 0 Å². The van der Waals surface area contributed by atoms with Crippen LogP contribution in [0.25, 0.3) is 11.3 Å². The van der Waals surface area contributed by atoms with Gasteiger partial charge in [-0.25, -0.2) is 18.4 Å². The van der Waals surface area contributed by atoms with Gasteiger partial charge < -0.3 is 15.2 Å². The fraction of sp³-hybridized carbons (Fsp3) is 0.348. The molecule has 5 rings (SSSR count). The second kappa shape index (κ2) is 8.27. The quantitative estimate of drug-likeness (QED) is 0.599. The van der Waals surface area contributed by atoms with Crippen molar-refractivity contribution in [3.63, 3.8) is 0 Å². The van der Waals surface area contributed by atoms with Gasteiger partial charge in [0.2, 0.25) is 16.0 Å². The molecule has 2 N–H and O–H groups in total. The van der Waals surface area contributed by atoms with E-state index in [9.17, 15) is 13.2 Å². The molecule has 0 spiro atoms. The second-order valence-electron chi connectivity index (χ2n) is 8.37. The van der Waals surface area contributed by atoms with Crippen molar-refractivity contribution in [2.45, 2.75) is 38.1 Å². The Balaban J connectivity index is 1.41. The van der Waals surface area contributed by atoms with Crippen LogP contribution in [-0.2, 0) is 16.6 Å². The summed E-state index contributed by atoms with van der Waals surface area (Å²) in [5.74, 6) is 0.333. The lowest BCUT2D eigenvalue weighted by molar-refractivity contribution is 0.0926. The maximum absolute atomic E-state index is 12.7. The van der Waals surface area contributed by atoms with Crippen LogP contribution in [0.2, 0.25) is 0 Å². The van der Waals surface area contributed by atoms with Crippen molar-refractivity contribution >= 4 is 27.6 Å². The van der Waals surface area contributed by atoms with E-state index in [1.54, 1.807) is 30.5 Å². The highest BCUT2D eigenvalue weighted by atomic mass is 32.2. The Morgan fingerprint density at radius 1 is 1.03 bits per heavy atom. The first-order chi connectivity index (χ1) is 15.9. The minimum absolute atomic E-state index is 0.0653. The van der Waals surface area contributed by atoms with E-state index in [1.807, 2.05) is 24.5 Å². The molecule has 4 heterocycles. The van der Waals surface area contributed by atoms with E-state index in [1.165, 1.54) is 4.31 Å². The maximum Gasteiger partial charge on any atom is 0.268 e. The first-order valence-corrected chi connectivity index (χ1v) is 12.5. The molecule has 0 radical (unpaired) electrons. The van der Waals surface area contributed by atoms with Crippen molar-refractivity contribution in [2.75, 3.05) is 25.0 Å². The van der Waals surface area contributed by atoms with Crippen LogP contribution in [0.3, 0.4) is 0 Å². The van der Waals surface area contributed by atoms with Crippen LogP contribution in [0.4, 0.5) is 11.6 Å². The monoisotopic (exact) mass is 466 g/mol. The van der Waals surface area contributed by atoms with E-state index in [0.717, 1.165) is 41.9 Å². The fourth-order valence-electron chi connectivity index (χ4n) is 4.68. The van der Waals surface area contributed by atoms with E-state index in [0.29, 0.717) is 37.0 Å². The van der Waals surface area contributed by atoms with Gasteiger partial charge in [-0.15, -0.1) is 0 Å². The molecule has 0 saturated carbocycles. The average Bonchev–Trinajstić information content (AvgIpc) is 3.43. The van der Waals surface area contributed by atoms with E-state index in [4.69, 9.17) is 0 Å². The topological polar surface area (TPSA) is 109 Å². The number of nitrogens with one attached hydrogen (secondary N) is 2. The van der Waals surface area contributed by atoms with E-state index >= 15 is 0 Å². The average molecular weight is 467 g/mol. The summed E-state index contributed by atoms with van der Waals surface area (Å²) in [5, 5.41) is 6.05. The van der Waals surface area contributed by atoms with E-state index in [2.05, 4.69) is 20.6 Å². The SMILES string of the molecule is Cc1c(-c2ccnc(Nc3ccc(S(=O)(=O)N4CCCC4)cc3)n2)c(C)n2c1C(=O)NCC2. The van der Waals surface area contributed by atoms with Crippen LogP contribution in [0.1, 0.15) is 34.6 Å². The summed E-state index contributed by atoms with van der Waals surface area (Å²) >= 11 is 0. The highest BCUT2D eigenvalue weighted by Crippen LogP contribution is 2.32. The predicted molar refractivity (Wildman–Crippen MR) is 125 cm³/mol. The van der Waals surface area contributed by atoms with Gasteiger partial charge in [0.05, 0.1) is 10.6 Å². The summed E-state index contributed by atoms with van der Waals surface area (Å²) in [6.45, 7) is 6.43. The fourth-order valence-corrected chi connectivity index (χ4v) is 6.20. The Hall–Kier alpha value is -3.24. The molecular formula is C23H26N6O3S. The van der Waals surface area contributed by atoms with Gasteiger partial charge in [-0.3, -0.25) is 4.79 Å². The van der Waals surface area contributed by atoms with Crippen molar-refractivity contribution in [3.8, 4) is 11.3 Å². The van der Waals surface area contributed by atoms with Crippen molar-refractivity contribution in [1.29, 1.82) is 0 Å². The van der Waals surface area contributed by atoms with Gasteiger partial charge in [0.1, 0.15) is 5.69 Å². The molecular weight excluding hydrogens is 440 g/mol. The first kappa shape index (κ1) is 21.6. The molecule has 1 saturated heterocycles. The molecule has 0 unspecified atom stereocenters. The first-order valence-electron chi connectivity index (χ1n) is 11.0. The number of rotatable bonds is 5. The number of amides is 1. The summed E-state index contributed by atoms with van der Waals surface area (Å²) in [7, 11) is -3.45. The number of hydrogen-bond acceptors (Lipinski definition) is 6. The van der Waals surface area contributed by atoms with Gasteiger partial charge in [-0.1, -0.05) is 0 Å². The molecule has 0 atom stereocenters. The van der Waals surface area contributed by atoms with Crippen molar-refractivity contribution < 1.29 is 13.2 Å². The number of carbonyl (C=O) groups is 1. The Morgan fingerprint density at radius 2 is 1.76 bits per heavy atom. The molecule has 1 fully saturated rings. The standard InChI is InChI=1S/C23H26N6O3S/c1-15-20(16(2)29-14-11-24-22(30)21(15)29)19-9-10-25-23(27-19)26-17-5-7-18(8-6-17)33(31,32)28-12-3-4-13-28/h5-10H,3-4,11-14H2,1-2H3,(H,24,30)(H,25,26,27). The number of hydrogen-bond donors (Lipinski definition) is 2. The molecule has 33 heavy (non-hydrogen) atoms. The van der Waals surface area contributed by atoms with Crippen molar-refractivity contribution in [1.82, 2.24) is 24.2 Å². The summed E-state index contributed by atoms with van der Waals surface area (Å²) in [4.78, 5) is 21.6. The molecule has 3 aromatic rings. The molecule has 2 aliphatic heterocycles. The predicted octanol–water partition coefficient (Wildman–Crippen LogP) is 2.83. The van der Waals surface area contributed by atoms with Gasteiger partial charge in [0.25, 0.3) is 5.91 Å². The number of carbonyl (C=O) groups excluding carboxylic acids is 1. The highest BCUT2D eigenvalue weighted by molar-refractivity contribution is 7.89. The molecule has 1 amide bonds. The van der Waals surface area contributed by atoms with E-state index < -0.39 is 10.0 Å². The zero-order valence-corrected chi connectivity index (χ0v) is 19.4. The van der Waals surface area contributed by atoms with E-state index in [-0.39, 0.29) is 10.8 Å². The van der Waals surface area contributed by atoms with Crippen molar-refractivity contribution in [3.05, 3.63) is 53.5 Å². The summed E-state index contributed by atoms with van der Waals surface area (Å²) in [6, 6.07) is 8.48. The highest BCUT2D eigenvalue weighted by Gasteiger charge is 2.28. The molecule has 0 aliphatic carbocycles. The lowest BCUT2D eigenvalue weighted by Crippen LogP contribution is -2.35. The van der Waals surface area contributed by atoms with Gasteiger partial charge in [-0.05, 0) is 62.6 Å². The third kappa shape index (κ3) is 3.79. The Kier molecular flexibility index (Phi) is 5.41. The smallest absolute Gasteiger partial charge is 0.268 e. The number of anilines is 2. The minimum Gasteiger partial charge on any atom is -0.349 e. The largest absolute Gasteiger partial charge is 0.349 e. The van der Waals surface area contributed by atoms with Crippen LogP contribution in [0.15, 0.2) is 41.4 Å². The second-order valence-corrected chi connectivity index (χ2v) is 10.3. The zero-order chi connectivity index (χ0) is 23.2. The maximum atomic E-state index is 12.7. The Bertz CT molecular complexity index is 1320. The minimum atomic E-state index is -3.45. The number of nitrogens with zero attached hydrogens (tertiary/aromatic N) is 4. The van der Waals surface area contributed by atoms with Gasteiger partial charge in [-0.2, -0.15) is 4.31 Å². The molecule has 172 valence electrons. The van der Waals surface area contributed by atoms with Crippen LogP contribution < -0.4 is 10.6 Å². The van der Waals surface area contributed by atoms with Crippen LogP contribution in [0.5, 0.6) is 0 Å². The van der Waals surface area contributed by atoms with Crippen LogP contribution in [-0.4, -0.2) is 52.8 Å². The molecule has 2 aromatic heterocycles. The molecule has 0 bridgehead atoms.